The number of ether oxygens (including phenoxy) is 2. The molecule has 2 aromatic heterocycles. The Labute approximate surface area is 161 Å². The van der Waals surface area contributed by atoms with E-state index in [1.807, 2.05) is 11.5 Å². The molecule has 2 saturated heterocycles. The summed E-state index contributed by atoms with van der Waals surface area (Å²) in [6.07, 6.45) is 2.77. The number of halogens is 1. The van der Waals surface area contributed by atoms with E-state index < -0.39 is 6.04 Å². The highest BCUT2D eigenvalue weighted by atomic mass is 35.5. The standard InChI is InChI=1S/C16H22ClN8O2/c1-10(22-23-18)13-19-12-14(24-5-8-26-9-6-24)20-16(17)21-15(12)25(13)11-4-2-3-7-27-11/h10-11,18H,2-9H2,1H3/q+1. The Kier molecular flexibility index (Phi) is 5.31. The lowest BCUT2D eigenvalue weighted by Gasteiger charge is -2.28. The molecule has 0 radical (unpaired) electrons. The highest BCUT2D eigenvalue weighted by Crippen LogP contribution is 2.34. The van der Waals surface area contributed by atoms with E-state index in [0.29, 0.717) is 55.7 Å². The third kappa shape index (κ3) is 3.53. The summed E-state index contributed by atoms with van der Waals surface area (Å²) in [4.78, 5) is 19.0. The first kappa shape index (κ1) is 18.2. The zero-order valence-electron chi connectivity index (χ0n) is 15.1. The summed E-state index contributed by atoms with van der Waals surface area (Å²) in [6.45, 7) is 5.23. The van der Waals surface area contributed by atoms with Crippen LogP contribution in [0.5, 0.6) is 0 Å². The van der Waals surface area contributed by atoms with Crippen molar-refractivity contribution < 1.29 is 9.47 Å². The first-order valence-corrected chi connectivity index (χ1v) is 9.53. The summed E-state index contributed by atoms with van der Waals surface area (Å²) in [7, 11) is 0. The van der Waals surface area contributed by atoms with Crippen LogP contribution in [-0.2, 0) is 9.47 Å². The molecule has 10 nitrogen and oxygen atoms in total. The van der Waals surface area contributed by atoms with Crippen molar-refractivity contribution in [2.24, 2.45) is 5.11 Å². The molecule has 4 rings (SSSR count). The maximum Gasteiger partial charge on any atom is 0.226 e. The van der Waals surface area contributed by atoms with Gasteiger partial charge in [-0.15, -0.1) is 0 Å². The zero-order chi connectivity index (χ0) is 18.8. The second kappa shape index (κ2) is 7.85. The molecule has 0 aliphatic carbocycles. The van der Waals surface area contributed by atoms with Crippen LogP contribution in [0.15, 0.2) is 5.11 Å². The number of rotatable bonds is 4. The van der Waals surface area contributed by atoms with Gasteiger partial charge in [0.25, 0.3) is 0 Å². The average Bonchev–Trinajstić information content (AvgIpc) is 3.08. The van der Waals surface area contributed by atoms with E-state index in [9.17, 15) is 0 Å². The molecule has 0 amide bonds. The lowest BCUT2D eigenvalue weighted by atomic mass is 10.2. The van der Waals surface area contributed by atoms with Crippen LogP contribution in [0.2, 0.25) is 5.28 Å². The van der Waals surface area contributed by atoms with Gasteiger partial charge in [0.2, 0.25) is 10.2 Å². The Bertz CT molecular complexity index is 869. The molecule has 2 aliphatic heterocycles. The van der Waals surface area contributed by atoms with E-state index in [1.165, 1.54) is 0 Å². The largest absolute Gasteiger partial charge is 0.378 e. The number of hydrogen-bond donors (Lipinski definition) is 1. The maximum absolute atomic E-state index is 7.09. The van der Waals surface area contributed by atoms with E-state index >= 15 is 0 Å². The lowest BCUT2D eigenvalue weighted by Crippen LogP contribution is -2.37. The van der Waals surface area contributed by atoms with Crippen molar-refractivity contribution >= 4 is 28.6 Å². The first-order chi connectivity index (χ1) is 13.2. The average molecular weight is 394 g/mol. The summed E-state index contributed by atoms with van der Waals surface area (Å²) >= 11 is 6.27. The molecule has 2 fully saturated rings. The molecule has 0 spiro atoms. The molecular weight excluding hydrogens is 372 g/mol. The van der Waals surface area contributed by atoms with Crippen LogP contribution < -0.4 is 9.81 Å². The number of anilines is 1. The third-order valence-electron chi connectivity index (χ3n) is 4.88. The molecular formula is C16H22ClN8O2+. The van der Waals surface area contributed by atoms with E-state index in [-0.39, 0.29) is 11.5 Å². The van der Waals surface area contributed by atoms with Gasteiger partial charge in [-0.2, -0.15) is 9.97 Å². The molecule has 2 atom stereocenters. The van der Waals surface area contributed by atoms with Crippen LogP contribution in [0.1, 0.15) is 44.3 Å². The second-order valence-corrected chi connectivity index (χ2v) is 6.98. The molecule has 2 aromatic rings. The summed E-state index contributed by atoms with van der Waals surface area (Å²) < 4.78 is 13.4. The van der Waals surface area contributed by atoms with Crippen molar-refractivity contribution in [1.82, 2.24) is 24.4 Å². The number of fused-ring (bicyclic) bond motifs is 1. The van der Waals surface area contributed by atoms with Crippen molar-refractivity contribution in [2.45, 2.75) is 38.5 Å². The minimum Gasteiger partial charge on any atom is -0.378 e. The Morgan fingerprint density at radius 1 is 1.22 bits per heavy atom. The first-order valence-electron chi connectivity index (χ1n) is 9.15. The van der Waals surface area contributed by atoms with Crippen molar-refractivity contribution in [3.63, 3.8) is 0 Å². The van der Waals surface area contributed by atoms with E-state index in [0.717, 1.165) is 19.3 Å². The second-order valence-electron chi connectivity index (χ2n) is 6.64. The Morgan fingerprint density at radius 2 is 2.04 bits per heavy atom. The molecule has 27 heavy (non-hydrogen) atoms. The van der Waals surface area contributed by atoms with Crippen LogP contribution in [0.3, 0.4) is 0 Å². The summed E-state index contributed by atoms with van der Waals surface area (Å²) in [5, 5.41) is 4.12. The zero-order valence-corrected chi connectivity index (χ0v) is 15.9. The molecule has 2 aliphatic rings. The number of imidazole rings is 1. The van der Waals surface area contributed by atoms with Gasteiger partial charge in [-0.05, 0) is 37.8 Å². The SMILES string of the molecule is CC(N=[N+]=N)c1nc2c(N3CCOCC3)nc(Cl)nc2n1C1CCCCO1. The van der Waals surface area contributed by atoms with Gasteiger partial charge in [-0.25, -0.2) is 4.98 Å². The van der Waals surface area contributed by atoms with Crippen LogP contribution >= 0.6 is 11.6 Å². The van der Waals surface area contributed by atoms with Crippen molar-refractivity contribution in [2.75, 3.05) is 37.8 Å². The van der Waals surface area contributed by atoms with Crippen molar-refractivity contribution in [1.29, 1.82) is 5.53 Å². The van der Waals surface area contributed by atoms with Gasteiger partial charge < -0.3 is 14.4 Å². The topological polar surface area (TPSA) is 116 Å². The Balaban J connectivity index is 1.90. The number of hydrogen-bond acceptors (Lipinski definition) is 8. The highest BCUT2D eigenvalue weighted by Gasteiger charge is 2.30. The fraction of sp³-hybridized carbons (Fsp3) is 0.688. The van der Waals surface area contributed by atoms with Crippen molar-refractivity contribution in [3.05, 3.63) is 11.1 Å². The van der Waals surface area contributed by atoms with Crippen LogP contribution in [-0.4, -0.2) is 52.4 Å². The lowest BCUT2D eigenvalue weighted by molar-refractivity contribution is -0.0318. The number of nitrogens with zero attached hydrogens (tertiary/aromatic N) is 7. The molecule has 0 bridgehead atoms. The number of aromatic nitrogens is 4. The summed E-state index contributed by atoms with van der Waals surface area (Å²) in [5.74, 6) is 1.35. The smallest absolute Gasteiger partial charge is 0.226 e. The molecule has 0 aromatic carbocycles. The summed E-state index contributed by atoms with van der Waals surface area (Å²) in [6, 6.07) is -0.404. The molecule has 0 saturated carbocycles. The van der Waals surface area contributed by atoms with E-state index in [1.54, 1.807) is 0 Å². The number of morpholine rings is 1. The monoisotopic (exact) mass is 393 g/mol. The van der Waals surface area contributed by atoms with Gasteiger partial charge in [0, 0.05) is 19.7 Å². The van der Waals surface area contributed by atoms with E-state index in [2.05, 4.69) is 24.9 Å². The van der Waals surface area contributed by atoms with Gasteiger partial charge >= 0.3 is 0 Å². The van der Waals surface area contributed by atoms with Crippen LogP contribution in [0, 0.1) is 5.53 Å². The van der Waals surface area contributed by atoms with Gasteiger partial charge in [-0.3, -0.25) is 4.57 Å². The molecule has 4 heterocycles. The van der Waals surface area contributed by atoms with Gasteiger partial charge in [0.05, 0.1) is 13.2 Å². The normalized spacial score (nSPS) is 21.9. The molecule has 2 unspecified atom stereocenters. The Morgan fingerprint density at radius 3 is 2.74 bits per heavy atom. The highest BCUT2D eigenvalue weighted by molar-refractivity contribution is 6.28. The summed E-state index contributed by atoms with van der Waals surface area (Å²) in [5.41, 5.74) is 8.38. The Hall–Kier alpha value is -2.13. The molecule has 1 N–H and O–H groups in total. The molecule has 11 heteroatoms. The third-order valence-corrected chi connectivity index (χ3v) is 5.05. The number of nitrogens with one attached hydrogen (secondary N) is 1. The van der Waals surface area contributed by atoms with E-state index in [4.69, 9.17) is 31.6 Å². The predicted molar refractivity (Wildman–Crippen MR) is 97.9 cm³/mol. The fourth-order valence-electron chi connectivity index (χ4n) is 3.59. The van der Waals surface area contributed by atoms with Gasteiger partial charge in [0.15, 0.2) is 23.0 Å². The minimum atomic E-state index is -0.404. The predicted octanol–water partition coefficient (Wildman–Crippen LogP) is 2.63. The fourth-order valence-corrected chi connectivity index (χ4v) is 3.75. The molecule has 144 valence electrons. The van der Waals surface area contributed by atoms with Gasteiger partial charge in [0.1, 0.15) is 22.7 Å². The quantitative estimate of drug-likeness (QED) is 0.485. The van der Waals surface area contributed by atoms with Crippen LogP contribution in [0.4, 0.5) is 5.82 Å². The maximum atomic E-state index is 7.09. The minimum absolute atomic E-state index is 0.169. The van der Waals surface area contributed by atoms with Gasteiger partial charge in [-0.1, -0.05) is 0 Å². The van der Waals surface area contributed by atoms with Crippen molar-refractivity contribution in [3.8, 4) is 0 Å². The van der Waals surface area contributed by atoms with Crippen LogP contribution in [0.25, 0.3) is 11.2 Å².